The lowest BCUT2D eigenvalue weighted by Crippen LogP contribution is -2.46. The van der Waals surface area contributed by atoms with E-state index in [1.807, 2.05) is 6.07 Å². The van der Waals surface area contributed by atoms with Crippen molar-refractivity contribution in [2.24, 2.45) is 5.16 Å². The molecule has 142 valence electrons. The van der Waals surface area contributed by atoms with Crippen LogP contribution < -0.4 is 9.47 Å². The van der Waals surface area contributed by atoms with Gasteiger partial charge in [-0.05, 0) is 50.6 Å². The second kappa shape index (κ2) is 7.53. The van der Waals surface area contributed by atoms with Crippen LogP contribution in [0.15, 0.2) is 23.4 Å². The number of hydrogen-bond donors (Lipinski definition) is 1. The van der Waals surface area contributed by atoms with Crippen molar-refractivity contribution in [1.82, 2.24) is 4.90 Å². The minimum Gasteiger partial charge on any atom is -0.493 e. The Bertz CT molecular complexity index is 705. The summed E-state index contributed by atoms with van der Waals surface area (Å²) in [4.78, 5) is 17.9. The highest BCUT2D eigenvalue weighted by Crippen LogP contribution is 2.49. The summed E-state index contributed by atoms with van der Waals surface area (Å²) in [6, 6.07) is 6.50. The van der Waals surface area contributed by atoms with E-state index < -0.39 is 12.6 Å². The van der Waals surface area contributed by atoms with Crippen LogP contribution in [0.2, 0.25) is 0 Å². The number of likely N-dealkylation sites (N-methyl/N-ethyl adjacent to an activating group) is 1. The predicted octanol–water partition coefficient (Wildman–Crippen LogP) is 2.29. The molecule has 2 aliphatic rings. The van der Waals surface area contributed by atoms with Gasteiger partial charge in [0, 0.05) is 17.9 Å². The fourth-order valence-corrected chi connectivity index (χ4v) is 4.34. The smallest absolute Gasteiger partial charge is 0.344 e. The molecule has 1 aliphatic carbocycles. The quantitative estimate of drug-likeness (QED) is 0.782. The zero-order chi connectivity index (χ0) is 18.7. The van der Waals surface area contributed by atoms with Crippen molar-refractivity contribution >= 4 is 11.7 Å². The normalized spacial score (nSPS) is 27.2. The lowest BCUT2D eigenvalue weighted by atomic mass is 9.65. The van der Waals surface area contributed by atoms with Crippen molar-refractivity contribution < 1.29 is 24.2 Å². The van der Waals surface area contributed by atoms with Crippen molar-refractivity contribution in [3.8, 4) is 11.5 Å². The Morgan fingerprint density at radius 2 is 2.08 bits per heavy atom. The molecule has 3 rings (SSSR count). The number of aliphatic carboxylic acids is 1. The van der Waals surface area contributed by atoms with Gasteiger partial charge >= 0.3 is 5.97 Å². The summed E-state index contributed by atoms with van der Waals surface area (Å²) in [6.45, 7) is 0.618. The fourth-order valence-electron chi connectivity index (χ4n) is 4.34. The second-order valence-corrected chi connectivity index (χ2v) is 7.00. The maximum atomic E-state index is 10.6. The molecular weight excluding hydrogens is 336 g/mol. The summed E-state index contributed by atoms with van der Waals surface area (Å²) in [5, 5.41) is 12.8. The minimum absolute atomic E-state index is 0.0418. The third-order valence-electron chi connectivity index (χ3n) is 5.71. The summed E-state index contributed by atoms with van der Waals surface area (Å²) in [7, 11) is 5.43. The molecule has 26 heavy (non-hydrogen) atoms. The van der Waals surface area contributed by atoms with E-state index in [0.29, 0.717) is 6.04 Å². The van der Waals surface area contributed by atoms with Gasteiger partial charge in [-0.25, -0.2) is 4.79 Å². The molecule has 1 aromatic carbocycles. The number of likely N-dealkylation sites (tertiary alicyclic amines) is 1. The zero-order valence-corrected chi connectivity index (χ0v) is 15.5. The van der Waals surface area contributed by atoms with Crippen LogP contribution in [0, 0.1) is 0 Å². The van der Waals surface area contributed by atoms with Gasteiger partial charge in [0.25, 0.3) is 0 Å². The second-order valence-electron chi connectivity index (χ2n) is 7.00. The first-order valence-corrected chi connectivity index (χ1v) is 8.82. The van der Waals surface area contributed by atoms with Crippen molar-refractivity contribution in [3.63, 3.8) is 0 Å². The van der Waals surface area contributed by atoms with Crippen molar-refractivity contribution in [3.05, 3.63) is 23.8 Å². The van der Waals surface area contributed by atoms with Gasteiger partial charge < -0.3 is 24.3 Å². The lowest BCUT2D eigenvalue weighted by Gasteiger charge is -2.42. The van der Waals surface area contributed by atoms with Crippen LogP contribution in [0.4, 0.5) is 0 Å². The molecule has 0 bridgehead atoms. The number of nitrogens with zero attached hydrogens (tertiary/aromatic N) is 2. The third kappa shape index (κ3) is 3.35. The number of rotatable bonds is 6. The first-order valence-electron chi connectivity index (χ1n) is 8.82. The van der Waals surface area contributed by atoms with E-state index in [-0.39, 0.29) is 5.41 Å². The van der Waals surface area contributed by atoms with Crippen LogP contribution in [0.5, 0.6) is 11.5 Å². The molecule has 1 saturated carbocycles. The van der Waals surface area contributed by atoms with Crippen LogP contribution in [-0.2, 0) is 15.0 Å². The molecule has 2 unspecified atom stereocenters. The van der Waals surface area contributed by atoms with E-state index in [2.05, 4.69) is 29.2 Å². The predicted molar refractivity (Wildman–Crippen MR) is 97.1 cm³/mol. The van der Waals surface area contributed by atoms with Gasteiger partial charge in [-0.3, -0.25) is 0 Å². The number of hydrogen-bond acceptors (Lipinski definition) is 6. The first-order chi connectivity index (χ1) is 12.5. The highest BCUT2D eigenvalue weighted by molar-refractivity contribution is 5.86. The number of methoxy groups -OCH3 is 2. The molecule has 1 N–H and O–H groups in total. The first kappa shape index (κ1) is 18.5. The molecule has 0 aromatic heterocycles. The van der Waals surface area contributed by atoms with Gasteiger partial charge in [-0.15, -0.1) is 0 Å². The Hall–Kier alpha value is -2.28. The molecule has 1 aromatic rings. The van der Waals surface area contributed by atoms with Crippen LogP contribution in [0.25, 0.3) is 0 Å². The maximum Gasteiger partial charge on any atom is 0.344 e. The Balaban J connectivity index is 1.86. The molecular formula is C19H26N2O5. The molecule has 2 fully saturated rings. The monoisotopic (exact) mass is 362 g/mol. The van der Waals surface area contributed by atoms with E-state index >= 15 is 0 Å². The van der Waals surface area contributed by atoms with Crippen LogP contribution in [-0.4, -0.2) is 62.1 Å². The lowest BCUT2D eigenvalue weighted by molar-refractivity contribution is -0.142. The number of carbonyl (C=O) groups is 1. The Morgan fingerprint density at radius 1 is 1.31 bits per heavy atom. The van der Waals surface area contributed by atoms with Gasteiger partial charge in [0.15, 0.2) is 11.5 Å². The molecule has 1 saturated heterocycles. The van der Waals surface area contributed by atoms with Crippen LogP contribution >= 0.6 is 0 Å². The summed E-state index contributed by atoms with van der Waals surface area (Å²) in [5.41, 5.74) is 2.23. The topological polar surface area (TPSA) is 80.6 Å². The average Bonchev–Trinajstić information content (AvgIpc) is 2.98. The summed E-state index contributed by atoms with van der Waals surface area (Å²) >= 11 is 0. The number of carboxylic acid groups (broad SMARTS) is 1. The molecule has 0 radical (unpaired) electrons. The van der Waals surface area contributed by atoms with Crippen molar-refractivity contribution in [1.29, 1.82) is 0 Å². The highest BCUT2D eigenvalue weighted by atomic mass is 16.6. The molecule has 2 atom stereocenters. The van der Waals surface area contributed by atoms with Gasteiger partial charge in [-0.2, -0.15) is 0 Å². The van der Waals surface area contributed by atoms with Gasteiger partial charge in [0.05, 0.1) is 19.9 Å². The summed E-state index contributed by atoms with van der Waals surface area (Å²) in [5.74, 6) is 0.468. The number of oxime groups is 1. The highest BCUT2D eigenvalue weighted by Gasteiger charge is 2.50. The average molecular weight is 362 g/mol. The number of ether oxygens (including phenoxy) is 2. The summed E-state index contributed by atoms with van der Waals surface area (Å²) < 4.78 is 10.9. The maximum absolute atomic E-state index is 10.6. The Labute approximate surface area is 153 Å². The molecule has 7 heteroatoms. The fraction of sp³-hybridized carbons (Fsp3) is 0.579. The molecule has 0 spiro atoms. The van der Waals surface area contributed by atoms with Crippen LogP contribution in [0.3, 0.4) is 0 Å². The van der Waals surface area contributed by atoms with E-state index in [1.54, 1.807) is 14.2 Å². The SMILES string of the molecule is COc1ccc(C23CC/C(=N\OCC(=O)O)CC2N(C)CC3)cc1OC. The number of benzene rings is 1. The van der Waals surface area contributed by atoms with E-state index in [1.165, 1.54) is 5.56 Å². The van der Waals surface area contributed by atoms with E-state index in [4.69, 9.17) is 19.4 Å². The van der Waals surface area contributed by atoms with E-state index in [9.17, 15) is 4.79 Å². The molecule has 1 aliphatic heterocycles. The Morgan fingerprint density at radius 3 is 2.77 bits per heavy atom. The van der Waals surface area contributed by atoms with Gasteiger partial charge in [0.2, 0.25) is 6.61 Å². The third-order valence-corrected chi connectivity index (χ3v) is 5.71. The number of carboxylic acids is 1. The summed E-state index contributed by atoms with van der Waals surface area (Å²) in [6.07, 6.45) is 3.61. The zero-order valence-electron chi connectivity index (χ0n) is 15.5. The van der Waals surface area contributed by atoms with E-state index in [0.717, 1.165) is 49.4 Å². The van der Waals surface area contributed by atoms with Gasteiger partial charge in [-0.1, -0.05) is 11.2 Å². The molecule has 1 heterocycles. The largest absolute Gasteiger partial charge is 0.493 e. The van der Waals surface area contributed by atoms with Crippen molar-refractivity contribution in [2.45, 2.75) is 37.1 Å². The molecule has 7 nitrogen and oxygen atoms in total. The minimum atomic E-state index is -1.01. The van der Waals surface area contributed by atoms with Crippen molar-refractivity contribution in [2.75, 3.05) is 34.4 Å². The van der Waals surface area contributed by atoms with Crippen LogP contribution in [0.1, 0.15) is 31.2 Å². The van der Waals surface area contributed by atoms with Gasteiger partial charge in [0.1, 0.15) is 0 Å². The Kier molecular flexibility index (Phi) is 5.36. The number of fused-ring (bicyclic) bond motifs is 1. The standard InChI is InChI=1S/C19H26N2O5/c1-21-9-8-19(13-4-5-15(24-2)16(10-13)25-3)7-6-14(11-17(19)21)20-26-12-18(22)23/h4-5,10,17H,6-9,11-12H2,1-3H3,(H,22,23)/b20-14+. The molecule has 0 amide bonds.